The van der Waals surface area contributed by atoms with Crippen LogP contribution >= 0.6 is 0 Å². The van der Waals surface area contributed by atoms with E-state index in [9.17, 15) is 9.59 Å². The smallest absolute Gasteiger partial charge is 0.265 e. The van der Waals surface area contributed by atoms with E-state index in [2.05, 4.69) is 24.5 Å². The van der Waals surface area contributed by atoms with Crippen molar-refractivity contribution in [1.29, 1.82) is 0 Å². The Labute approximate surface area is 167 Å². The number of carbonyl (C=O) groups is 2. The lowest BCUT2D eigenvalue weighted by atomic mass is 10.0. The van der Waals surface area contributed by atoms with Crippen molar-refractivity contribution in [2.45, 2.75) is 59.1 Å². The normalized spacial score (nSPS) is 12.9. The van der Waals surface area contributed by atoms with Gasteiger partial charge in [-0.25, -0.2) is 0 Å². The highest BCUT2D eigenvalue weighted by molar-refractivity contribution is 6.04. The summed E-state index contributed by atoms with van der Waals surface area (Å²) in [5.41, 5.74) is 2.12. The molecule has 28 heavy (non-hydrogen) atoms. The van der Waals surface area contributed by atoms with Gasteiger partial charge >= 0.3 is 0 Å². The van der Waals surface area contributed by atoms with Crippen molar-refractivity contribution in [2.75, 3.05) is 5.32 Å². The molecule has 0 saturated heterocycles. The topological polar surface area (TPSA) is 67.4 Å². The number of ether oxygens (including phenoxy) is 1. The molecule has 2 aromatic carbocycles. The average Bonchev–Trinajstić information content (AvgIpc) is 2.68. The largest absolute Gasteiger partial charge is 0.481 e. The number of rotatable bonds is 8. The van der Waals surface area contributed by atoms with Crippen LogP contribution in [0.1, 0.15) is 62.9 Å². The van der Waals surface area contributed by atoms with Gasteiger partial charge in [0.2, 0.25) is 0 Å². The Morgan fingerprint density at radius 2 is 1.61 bits per heavy atom. The number of amides is 2. The second-order valence-corrected chi connectivity index (χ2v) is 7.30. The summed E-state index contributed by atoms with van der Waals surface area (Å²) in [4.78, 5) is 25.0. The van der Waals surface area contributed by atoms with Crippen molar-refractivity contribution in [3.8, 4) is 5.75 Å². The fourth-order valence-corrected chi connectivity index (χ4v) is 2.62. The maximum Gasteiger partial charge on any atom is 0.265 e. The molecule has 0 bridgehead atoms. The Morgan fingerprint density at radius 1 is 0.964 bits per heavy atom. The van der Waals surface area contributed by atoms with Crippen LogP contribution in [0.4, 0.5) is 5.69 Å². The molecule has 0 spiro atoms. The van der Waals surface area contributed by atoms with E-state index in [1.165, 1.54) is 5.56 Å². The highest BCUT2D eigenvalue weighted by Crippen LogP contribution is 2.20. The van der Waals surface area contributed by atoms with Crippen LogP contribution in [-0.4, -0.2) is 24.0 Å². The summed E-state index contributed by atoms with van der Waals surface area (Å²) in [6.07, 6.45) is 0.136. The second-order valence-electron chi connectivity index (χ2n) is 7.30. The van der Waals surface area contributed by atoms with Crippen LogP contribution < -0.4 is 15.4 Å². The molecule has 2 amide bonds. The standard InChI is InChI=1S/C23H30N2O3/c1-6-16(4)24-23(27)20-9-7-8-10-21(20)25-22(26)17(5)28-19-13-11-18(12-14-19)15(2)3/h7-17H,6H2,1-5H3,(H,24,27)(H,25,26). The van der Waals surface area contributed by atoms with Crippen LogP contribution in [0.5, 0.6) is 5.75 Å². The zero-order valence-electron chi connectivity index (χ0n) is 17.3. The first-order chi connectivity index (χ1) is 13.3. The van der Waals surface area contributed by atoms with Crippen molar-refractivity contribution in [2.24, 2.45) is 0 Å². The van der Waals surface area contributed by atoms with Gasteiger partial charge in [-0.15, -0.1) is 0 Å². The minimum absolute atomic E-state index is 0.0623. The van der Waals surface area contributed by atoms with E-state index in [4.69, 9.17) is 4.74 Å². The Bertz CT molecular complexity index is 800. The quantitative estimate of drug-likeness (QED) is 0.693. The molecule has 2 unspecified atom stereocenters. The highest BCUT2D eigenvalue weighted by atomic mass is 16.5. The minimum atomic E-state index is -0.699. The van der Waals surface area contributed by atoms with E-state index < -0.39 is 6.10 Å². The van der Waals surface area contributed by atoms with Gasteiger partial charge in [-0.05, 0) is 56.0 Å². The van der Waals surface area contributed by atoms with Gasteiger partial charge in [0, 0.05) is 6.04 Å². The van der Waals surface area contributed by atoms with Crippen molar-refractivity contribution < 1.29 is 14.3 Å². The zero-order chi connectivity index (χ0) is 20.7. The summed E-state index contributed by atoms with van der Waals surface area (Å²) in [6.45, 7) is 9.89. The minimum Gasteiger partial charge on any atom is -0.481 e. The fourth-order valence-electron chi connectivity index (χ4n) is 2.62. The lowest BCUT2D eigenvalue weighted by molar-refractivity contribution is -0.122. The van der Waals surface area contributed by atoms with Crippen molar-refractivity contribution in [3.63, 3.8) is 0 Å². The number of carbonyl (C=O) groups excluding carboxylic acids is 2. The van der Waals surface area contributed by atoms with Gasteiger partial charge in [0.25, 0.3) is 11.8 Å². The van der Waals surface area contributed by atoms with Gasteiger partial charge in [0.05, 0.1) is 11.3 Å². The molecular weight excluding hydrogens is 352 g/mol. The second kappa shape index (κ2) is 9.93. The molecule has 0 aliphatic carbocycles. The van der Waals surface area contributed by atoms with Crippen molar-refractivity contribution >= 4 is 17.5 Å². The van der Waals surface area contributed by atoms with Crippen LogP contribution in [0.2, 0.25) is 0 Å². The Hall–Kier alpha value is -2.82. The molecule has 0 aromatic heterocycles. The molecule has 0 saturated carbocycles. The monoisotopic (exact) mass is 382 g/mol. The lowest BCUT2D eigenvalue weighted by Gasteiger charge is -2.18. The van der Waals surface area contributed by atoms with Gasteiger partial charge in [-0.1, -0.05) is 45.0 Å². The Kier molecular flexibility index (Phi) is 7.61. The predicted octanol–water partition coefficient (Wildman–Crippen LogP) is 4.74. The SMILES string of the molecule is CCC(C)NC(=O)c1ccccc1NC(=O)C(C)Oc1ccc(C(C)C)cc1. The summed E-state index contributed by atoms with van der Waals surface area (Å²) >= 11 is 0. The first-order valence-electron chi connectivity index (χ1n) is 9.79. The van der Waals surface area contributed by atoms with E-state index >= 15 is 0 Å². The Morgan fingerprint density at radius 3 is 2.21 bits per heavy atom. The van der Waals surface area contributed by atoms with Gasteiger partial charge in [-0.2, -0.15) is 0 Å². The molecule has 2 rings (SSSR count). The molecule has 0 heterocycles. The zero-order valence-corrected chi connectivity index (χ0v) is 17.3. The van der Waals surface area contributed by atoms with E-state index in [1.54, 1.807) is 31.2 Å². The molecular formula is C23H30N2O3. The highest BCUT2D eigenvalue weighted by Gasteiger charge is 2.19. The van der Waals surface area contributed by atoms with Crippen LogP contribution in [0.15, 0.2) is 48.5 Å². The van der Waals surface area contributed by atoms with Gasteiger partial charge in [0.15, 0.2) is 6.10 Å². The van der Waals surface area contributed by atoms with E-state index in [0.29, 0.717) is 22.9 Å². The van der Waals surface area contributed by atoms with Crippen LogP contribution in [-0.2, 0) is 4.79 Å². The van der Waals surface area contributed by atoms with Crippen LogP contribution in [0.3, 0.4) is 0 Å². The third-order valence-corrected chi connectivity index (χ3v) is 4.65. The first-order valence-corrected chi connectivity index (χ1v) is 9.79. The molecule has 0 radical (unpaired) electrons. The Balaban J connectivity index is 2.04. The van der Waals surface area contributed by atoms with Crippen molar-refractivity contribution in [3.05, 3.63) is 59.7 Å². The third kappa shape index (κ3) is 5.84. The predicted molar refractivity (Wildman–Crippen MR) is 113 cm³/mol. The van der Waals surface area contributed by atoms with E-state index in [0.717, 1.165) is 6.42 Å². The van der Waals surface area contributed by atoms with Gasteiger partial charge < -0.3 is 15.4 Å². The number of hydrogen-bond acceptors (Lipinski definition) is 3. The molecule has 150 valence electrons. The molecule has 5 nitrogen and oxygen atoms in total. The summed E-state index contributed by atoms with van der Waals surface area (Å²) in [7, 11) is 0. The number of anilines is 1. The van der Waals surface area contributed by atoms with Crippen LogP contribution in [0.25, 0.3) is 0 Å². The lowest BCUT2D eigenvalue weighted by Crippen LogP contribution is -2.34. The number of para-hydroxylation sites is 1. The summed E-state index contributed by atoms with van der Waals surface area (Å²) in [5.74, 6) is 0.558. The molecule has 2 atom stereocenters. The number of benzene rings is 2. The summed E-state index contributed by atoms with van der Waals surface area (Å²) in [5, 5.41) is 5.73. The number of nitrogens with one attached hydrogen (secondary N) is 2. The van der Waals surface area contributed by atoms with Gasteiger partial charge in [-0.3, -0.25) is 9.59 Å². The molecule has 0 aliphatic heterocycles. The van der Waals surface area contributed by atoms with E-state index in [1.807, 2.05) is 38.1 Å². The molecule has 5 heteroatoms. The first kappa shape index (κ1) is 21.5. The maximum atomic E-state index is 12.6. The summed E-state index contributed by atoms with van der Waals surface area (Å²) < 4.78 is 5.75. The molecule has 2 aromatic rings. The number of hydrogen-bond donors (Lipinski definition) is 2. The molecule has 0 aliphatic rings. The van der Waals surface area contributed by atoms with Gasteiger partial charge in [0.1, 0.15) is 5.75 Å². The molecule has 0 fully saturated rings. The van der Waals surface area contributed by atoms with Crippen LogP contribution in [0, 0.1) is 0 Å². The average molecular weight is 383 g/mol. The third-order valence-electron chi connectivity index (χ3n) is 4.65. The van der Waals surface area contributed by atoms with E-state index in [-0.39, 0.29) is 17.9 Å². The fraction of sp³-hybridized carbons (Fsp3) is 0.391. The molecule has 2 N–H and O–H groups in total. The summed E-state index contributed by atoms with van der Waals surface area (Å²) in [6, 6.07) is 14.8. The van der Waals surface area contributed by atoms with Crippen molar-refractivity contribution in [1.82, 2.24) is 5.32 Å². The maximum absolute atomic E-state index is 12.6.